The average molecular weight is 408 g/mol. The molecule has 2 aromatic carbocycles. The van der Waals surface area contributed by atoms with Gasteiger partial charge in [0.2, 0.25) is 0 Å². The van der Waals surface area contributed by atoms with Crippen LogP contribution in [-0.2, 0) is 22.6 Å². The van der Waals surface area contributed by atoms with E-state index in [-0.39, 0.29) is 26.3 Å². The van der Waals surface area contributed by atoms with Crippen LogP contribution < -0.4 is 0 Å². The van der Waals surface area contributed by atoms with Gasteiger partial charge in [0.25, 0.3) is 0 Å². The van der Waals surface area contributed by atoms with Crippen LogP contribution in [-0.4, -0.2) is 46.9 Å². The number of carbonyl (C=O) groups is 2. The van der Waals surface area contributed by atoms with Gasteiger partial charge in [-0.3, -0.25) is 0 Å². The first-order chi connectivity index (χ1) is 14.6. The van der Waals surface area contributed by atoms with E-state index in [0.717, 1.165) is 11.3 Å². The second-order valence-corrected chi connectivity index (χ2v) is 6.66. The van der Waals surface area contributed by atoms with Crippen LogP contribution in [0.4, 0.5) is 4.79 Å². The summed E-state index contributed by atoms with van der Waals surface area (Å²) < 4.78 is 12.1. The van der Waals surface area contributed by atoms with Crippen LogP contribution in [0, 0.1) is 0 Å². The third-order valence-electron chi connectivity index (χ3n) is 4.51. The van der Waals surface area contributed by atoms with Gasteiger partial charge in [0.1, 0.15) is 6.61 Å². The molecule has 3 rings (SSSR count). The summed E-state index contributed by atoms with van der Waals surface area (Å²) in [6.45, 7) is 0.211. The minimum Gasteiger partial charge on any atom is -0.465 e. The summed E-state index contributed by atoms with van der Waals surface area (Å²) in [5, 5.41) is 9.41. The Morgan fingerprint density at radius 1 is 1.00 bits per heavy atom. The van der Waals surface area contributed by atoms with E-state index < -0.39 is 12.1 Å². The van der Waals surface area contributed by atoms with Gasteiger partial charge in [-0.25, -0.2) is 9.59 Å². The van der Waals surface area contributed by atoms with Gasteiger partial charge in [-0.05, 0) is 41.5 Å². The molecule has 0 aliphatic rings. The lowest BCUT2D eigenvalue weighted by molar-refractivity contribution is 0.0600. The molecule has 0 spiro atoms. The lowest BCUT2D eigenvalue weighted by Gasteiger charge is -2.22. The van der Waals surface area contributed by atoms with E-state index in [4.69, 9.17) is 9.47 Å². The van der Waals surface area contributed by atoms with Crippen molar-refractivity contribution in [1.29, 1.82) is 0 Å². The van der Waals surface area contributed by atoms with E-state index in [0.29, 0.717) is 11.1 Å². The predicted octanol–water partition coefficient (Wildman–Crippen LogP) is 3.40. The van der Waals surface area contributed by atoms with Crippen LogP contribution in [0.15, 0.2) is 73.1 Å². The predicted molar refractivity (Wildman–Crippen MR) is 111 cm³/mol. The van der Waals surface area contributed by atoms with Crippen molar-refractivity contribution < 1.29 is 24.2 Å². The number of hydrogen-bond acceptors (Lipinski definition) is 5. The second-order valence-electron chi connectivity index (χ2n) is 6.66. The average Bonchev–Trinajstić information content (AvgIpc) is 3.32. The van der Waals surface area contributed by atoms with Crippen molar-refractivity contribution in [3.8, 4) is 5.69 Å². The van der Waals surface area contributed by atoms with Gasteiger partial charge in [-0.2, -0.15) is 0 Å². The van der Waals surface area contributed by atoms with Gasteiger partial charge in [0.15, 0.2) is 0 Å². The van der Waals surface area contributed by atoms with Gasteiger partial charge in [0, 0.05) is 31.2 Å². The Balaban J connectivity index is 1.80. The lowest BCUT2D eigenvalue weighted by atomic mass is 10.1. The van der Waals surface area contributed by atoms with Crippen LogP contribution in [0.2, 0.25) is 0 Å². The van der Waals surface area contributed by atoms with E-state index in [1.807, 2.05) is 65.5 Å². The van der Waals surface area contributed by atoms with Crippen LogP contribution in [0.5, 0.6) is 0 Å². The van der Waals surface area contributed by atoms with E-state index >= 15 is 0 Å². The normalized spacial score (nSPS) is 10.5. The minimum absolute atomic E-state index is 0.106. The zero-order valence-corrected chi connectivity index (χ0v) is 16.7. The molecule has 1 aromatic heterocycles. The van der Waals surface area contributed by atoms with Gasteiger partial charge >= 0.3 is 12.1 Å². The summed E-state index contributed by atoms with van der Waals surface area (Å²) >= 11 is 0. The van der Waals surface area contributed by atoms with Crippen molar-refractivity contribution in [2.45, 2.75) is 13.2 Å². The maximum absolute atomic E-state index is 12.6. The molecule has 1 amide bonds. The summed E-state index contributed by atoms with van der Waals surface area (Å²) in [5.41, 5.74) is 2.73. The highest BCUT2D eigenvalue weighted by Gasteiger charge is 2.17. The Bertz CT molecular complexity index is 971. The first kappa shape index (κ1) is 21.1. The molecule has 7 nitrogen and oxygen atoms in total. The molecule has 156 valence electrons. The van der Waals surface area contributed by atoms with Gasteiger partial charge in [-0.1, -0.05) is 30.3 Å². The van der Waals surface area contributed by atoms with Gasteiger partial charge in [-0.15, -0.1) is 0 Å². The van der Waals surface area contributed by atoms with Crippen LogP contribution in [0.1, 0.15) is 21.5 Å². The molecule has 0 saturated carbocycles. The van der Waals surface area contributed by atoms with E-state index in [2.05, 4.69) is 0 Å². The van der Waals surface area contributed by atoms with Crippen molar-refractivity contribution >= 4 is 12.1 Å². The van der Waals surface area contributed by atoms with E-state index in [1.165, 1.54) is 12.0 Å². The fraction of sp³-hybridized carbons (Fsp3) is 0.217. The van der Waals surface area contributed by atoms with Crippen molar-refractivity contribution in [3.05, 3.63) is 89.7 Å². The molecule has 0 radical (unpaired) electrons. The van der Waals surface area contributed by atoms with Gasteiger partial charge in [0.05, 0.1) is 19.3 Å². The third-order valence-corrected chi connectivity index (χ3v) is 4.51. The number of ether oxygens (including phenoxy) is 2. The zero-order valence-electron chi connectivity index (χ0n) is 16.7. The number of hydrogen-bond donors (Lipinski definition) is 1. The smallest absolute Gasteiger partial charge is 0.410 e. The quantitative estimate of drug-likeness (QED) is 0.578. The highest BCUT2D eigenvalue weighted by molar-refractivity contribution is 5.90. The molecule has 0 atom stereocenters. The summed E-state index contributed by atoms with van der Waals surface area (Å²) in [5.74, 6) is -0.467. The second kappa shape index (κ2) is 10.3. The van der Waals surface area contributed by atoms with Crippen molar-refractivity contribution in [3.63, 3.8) is 0 Å². The Morgan fingerprint density at radius 2 is 1.73 bits per heavy atom. The number of aliphatic hydroxyl groups excluding tert-OH is 1. The molecule has 3 aromatic rings. The lowest BCUT2D eigenvalue weighted by Crippen LogP contribution is -2.33. The molecule has 1 N–H and O–H groups in total. The Labute approximate surface area is 175 Å². The molecule has 0 unspecified atom stereocenters. The largest absolute Gasteiger partial charge is 0.465 e. The number of esters is 1. The standard InChI is InChI=1S/C23H24N2O5/c1-29-22(27)20-13-19(14-21(15-20)24-9-5-6-10-24)16-25(11-12-26)23(28)30-17-18-7-3-2-4-8-18/h2-10,13-15,26H,11-12,16-17H2,1H3. The molecule has 0 bridgehead atoms. The van der Waals surface area contributed by atoms with Crippen molar-refractivity contribution in [1.82, 2.24) is 9.47 Å². The summed E-state index contributed by atoms with van der Waals surface area (Å²) in [6.07, 6.45) is 3.18. The maximum atomic E-state index is 12.6. The fourth-order valence-corrected chi connectivity index (χ4v) is 3.04. The number of rotatable bonds is 8. The number of amides is 1. The number of carbonyl (C=O) groups excluding carboxylic acids is 2. The summed E-state index contributed by atoms with van der Waals surface area (Å²) in [7, 11) is 1.32. The molecular weight excluding hydrogens is 384 g/mol. The van der Waals surface area contributed by atoms with Crippen LogP contribution in [0.3, 0.4) is 0 Å². The fourth-order valence-electron chi connectivity index (χ4n) is 3.04. The van der Waals surface area contributed by atoms with Crippen LogP contribution >= 0.6 is 0 Å². The highest BCUT2D eigenvalue weighted by Crippen LogP contribution is 2.18. The SMILES string of the molecule is COC(=O)c1cc(CN(CCO)C(=O)OCc2ccccc2)cc(-n2cccc2)c1. The maximum Gasteiger partial charge on any atom is 0.410 e. The first-order valence-corrected chi connectivity index (χ1v) is 9.53. The molecule has 0 aliphatic heterocycles. The van der Waals surface area contributed by atoms with E-state index in [1.54, 1.807) is 12.1 Å². The number of nitrogens with zero attached hydrogens (tertiary/aromatic N) is 2. The molecule has 1 heterocycles. The molecule has 0 saturated heterocycles. The van der Waals surface area contributed by atoms with E-state index in [9.17, 15) is 14.7 Å². The number of benzene rings is 2. The topological polar surface area (TPSA) is 81.0 Å². The van der Waals surface area contributed by atoms with Crippen LogP contribution in [0.25, 0.3) is 5.69 Å². The monoisotopic (exact) mass is 408 g/mol. The number of aliphatic hydroxyl groups is 1. The van der Waals surface area contributed by atoms with Crippen molar-refractivity contribution in [2.24, 2.45) is 0 Å². The molecule has 30 heavy (non-hydrogen) atoms. The molecular formula is C23H24N2O5. The Morgan fingerprint density at radius 3 is 2.40 bits per heavy atom. The van der Waals surface area contributed by atoms with Crippen molar-refractivity contribution in [2.75, 3.05) is 20.3 Å². The highest BCUT2D eigenvalue weighted by atomic mass is 16.6. The number of methoxy groups -OCH3 is 1. The van der Waals surface area contributed by atoms with Gasteiger partial charge < -0.3 is 24.0 Å². The Hall–Kier alpha value is -3.58. The minimum atomic E-state index is -0.543. The zero-order chi connectivity index (χ0) is 21.3. The summed E-state index contributed by atoms with van der Waals surface area (Å²) in [6, 6.07) is 18.4. The summed E-state index contributed by atoms with van der Waals surface area (Å²) in [4.78, 5) is 26.1. The molecule has 7 heteroatoms. The Kier molecular flexibility index (Phi) is 7.24. The molecule has 0 fully saturated rings. The number of aromatic nitrogens is 1. The molecule has 0 aliphatic carbocycles. The third kappa shape index (κ3) is 5.48. The first-order valence-electron chi connectivity index (χ1n) is 9.53.